The van der Waals surface area contributed by atoms with Crippen LogP contribution >= 0.6 is 15.9 Å². The predicted molar refractivity (Wildman–Crippen MR) is 62.6 cm³/mol. The van der Waals surface area contributed by atoms with Crippen LogP contribution in [0.4, 0.5) is 18.9 Å². The number of benzene rings is 1. The van der Waals surface area contributed by atoms with Gasteiger partial charge in [-0.05, 0) is 18.2 Å². The minimum absolute atomic E-state index is 0.0474. The van der Waals surface area contributed by atoms with Crippen molar-refractivity contribution in [2.75, 3.05) is 18.3 Å². The third kappa shape index (κ3) is 4.46. The van der Waals surface area contributed by atoms with Crippen LogP contribution in [0.2, 0.25) is 0 Å². The van der Waals surface area contributed by atoms with Crippen LogP contribution in [0.15, 0.2) is 27.6 Å². The molecule has 0 unspecified atom stereocenters. The molecule has 0 aliphatic heterocycles. The SMILES string of the molecule is Nc1ccc(Br)cc1S(=O)(=O)COCC(F)(F)F. The Balaban J connectivity index is 2.84. The summed E-state index contributed by atoms with van der Waals surface area (Å²) >= 11 is 3.05. The van der Waals surface area contributed by atoms with Crippen LogP contribution in [0, 0.1) is 0 Å². The van der Waals surface area contributed by atoms with Gasteiger partial charge in [0.05, 0.1) is 10.6 Å². The molecule has 0 radical (unpaired) electrons. The molecule has 0 heterocycles. The molecular formula is C9H9BrF3NO3S. The highest BCUT2D eigenvalue weighted by molar-refractivity contribution is 9.10. The summed E-state index contributed by atoms with van der Waals surface area (Å²) in [6.07, 6.45) is -4.57. The summed E-state index contributed by atoms with van der Waals surface area (Å²) < 4.78 is 63.4. The first-order valence-electron chi connectivity index (χ1n) is 4.54. The van der Waals surface area contributed by atoms with Gasteiger partial charge in [-0.15, -0.1) is 0 Å². The Kier molecular flexibility index (Phi) is 4.62. The Morgan fingerprint density at radius 3 is 2.50 bits per heavy atom. The van der Waals surface area contributed by atoms with Gasteiger partial charge in [0.1, 0.15) is 6.61 Å². The molecule has 0 saturated carbocycles. The highest BCUT2D eigenvalue weighted by atomic mass is 79.9. The fourth-order valence-corrected chi connectivity index (χ4v) is 2.78. The van der Waals surface area contributed by atoms with Crippen molar-refractivity contribution in [2.45, 2.75) is 11.1 Å². The molecule has 0 bridgehead atoms. The summed E-state index contributed by atoms with van der Waals surface area (Å²) in [5.41, 5.74) is 5.41. The van der Waals surface area contributed by atoms with Crippen LogP contribution in [0.3, 0.4) is 0 Å². The second kappa shape index (κ2) is 5.45. The van der Waals surface area contributed by atoms with E-state index in [-0.39, 0.29) is 10.6 Å². The number of hydrogen-bond acceptors (Lipinski definition) is 4. The Bertz CT molecular complexity index is 530. The minimum Gasteiger partial charge on any atom is -0.398 e. The van der Waals surface area contributed by atoms with E-state index in [0.717, 1.165) is 0 Å². The topological polar surface area (TPSA) is 69.4 Å². The molecule has 0 saturated heterocycles. The Morgan fingerprint density at radius 2 is 1.94 bits per heavy atom. The predicted octanol–water partition coefficient (Wildman–Crippen LogP) is 2.34. The third-order valence-corrected chi connectivity index (χ3v) is 3.81. The van der Waals surface area contributed by atoms with Crippen LogP contribution in [-0.2, 0) is 14.6 Å². The van der Waals surface area contributed by atoms with Crippen molar-refractivity contribution in [3.63, 3.8) is 0 Å². The maximum absolute atomic E-state index is 11.8. The number of ether oxygens (including phenoxy) is 1. The molecule has 1 aromatic carbocycles. The number of hydrogen-bond donors (Lipinski definition) is 1. The van der Waals surface area contributed by atoms with Gasteiger partial charge in [0.2, 0.25) is 9.84 Å². The van der Waals surface area contributed by atoms with E-state index in [1.165, 1.54) is 18.2 Å². The highest BCUT2D eigenvalue weighted by Gasteiger charge is 2.29. The van der Waals surface area contributed by atoms with Crippen LogP contribution in [-0.4, -0.2) is 27.1 Å². The van der Waals surface area contributed by atoms with Gasteiger partial charge in [0, 0.05) is 4.47 Å². The van der Waals surface area contributed by atoms with Crippen LogP contribution in [0.25, 0.3) is 0 Å². The minimum atomic E-state index is -4.57. The fraction of sp³-hybridized carbons (Fsp3) is 0.333. The number of alkyl halides is 3. The van der Waals surface area contributed by atoms with Gasteiger partial charge in [-0.3, -0.25) is 0 Å². The second-order valence-electron chi connectivity index (χ2n) is 3.38. The number of nitrogen functional groups attached to an aromatic ring is 1. The molecule has 0 fully saturated rings. The zero-order valence-electron chi connectivity index (χ0n) is 8.87. The van der Waals surface area contributed by atoms with E-state index in [1.807, 2.05) is 0 Å². The van der Waals surface area contributed by atoms with Gasteiger partial charge in [0.25, 0.3) is 0 Å². The first-order valence-corrected chi connectivity index (χ1v) is 6.98. The lowest BCUT2D eigenvalue weighted by Crippen LogP contribution is -2.21. The van der Waals surface area contributed by atoms with Gasteiger partial charge in [-0.25, -0.2) is 8.42 Å². The molecule has 1 rings (SSSR count). The van der Waals surface area contributed by atoms with E-state index in [2.05, 4.69) is 20.7 Å². The largest absolute Gasteiger partial charge is 0.411 e. The van der Waals surface area contributed by atoms with Crippen molar-refractivity contribution in [2.24, 2.45) is 0 Å². The molecule has 102 valence electrons. The number of anilines is 1. The molecule has 0 spiro atoms. The van der Waals surface area contributed by atoms with Crippen molar-refractivity contribution < 1.29 is 26.3 Å². The molecule has 2 N–H and O–H groups in total. The standard InChI is InChI=1S/C9H9BrF3NO3S/c10-6-1-2-7(14)8(3-6)18(15,16)5-17-4-9(11,12)13/h1-3H,4-5,14H2. The van der Waals surface area contributed by atoms with E-state index < -0.39 is 28.6 Å². The van der Waals surface area contributed by atoms with E-state index in [0.29, 0.717) is 4.47 Å². The maximum Gasteiger partial charge on any atom is 0.411 e. The zero-order valence-corrected chi connectivity index (χ0v) is 11.3. The molecule has 4 nitrogen and oxygen atoms in total. The van der Waals surface area contributed by atoms with E-state index >= 15 is 0 Å². The monoisotopic (exact) mass is 347 g/mol. The Hall–Kier alpha value is -0.800. The zero-order chi connectivity index (χ0) is 14.0. The van der Waals surface area contributed by atoms with Crippen molar-refractivity contribution in [1.29, 1.82) is 0 Å². The van der Waals surface area contributed by atoms with Gasteiger partial charge < -0.3 is 10.5 Å². The molecule has 0 atom stereocenters. The van der Waals surface area contributed by atoms with E-state index in [9.17, 15) is 21.6 Å². The average molecular weight is 348 g/mol. The quantitative estimate of drug-likeness (QED) is 0.848. The Morgan fingerprint density at radius 1 is 1.33 bits per heavy atom. The van der Waals surface area contributed by atoms with Gasteiger partial charge in [0.15, 0.2) is 5.94 Å². The van der Waals surface area contributed by atoms with Gasteiger partial charge in [-0.2, -0.15) is 13.2 Å². The molecule has 0 aromatic heterocycles. The number of sulfone groups is 1. The summed E-state index contributed by atoms with van der Waals surface area (Å²) in [4.78, 5) is -0.265. The molecule has 0 aliphatic rings. The summed E-state index contributed by atoms with van der Waals surface area (Å²) in [6, 6.07) is 4.06. The van der Waals surface area contributed by atoms with E-state index in [1.54, 1.807) is 0 Å². The fourth-order valence-electron chi connectivity index (χ4n) is 1.11. The smallest absolute Gasteiger partial charge is 0.398 e. The summed E-state index contributed by atoms with van der Waals surface area (Å²) in [5.74, 6) is -1.08. The first kappa shape index (κ1) is 15.3. The van der Waals surface area contributed by atoms with Crippen molar-refractivity contribution in [3.05, 3.63) is 22.7 Å². The van der Waals surface area contributed by atoms with Crippen LogP contribution in [0.5, 0.6) is 0 Å². The summed E-state index contributed by atoms with van der Waals surface area (Å²) in [5, 5.41) is 0. The molecule has 18 heavy (non-hydrogen) atoms. The second-order valence-corrected chi connectivity index (χ2v) is 6.20. The van der Waals surface area contributed by atoms with E-state index in [4.69, 9.17) is 5.73 Å². The molecule has 0 aliphatic carbocycles. The molecule has 9 heteroatoms. The molecule has 1 aromatic rings. The lowest BCUT2D eigenvalue weighted by molar-refractivity contribution is -0.169. The van der Waals surface area contributed by atoms with Crippen molar-refractivity contribution >= 4 is 31.5 Å². The summed E-state index contributed by atoms with van der Waals surface area (Å²) in [7, 11) is -4.01. The number of rotatable bonds is 4. The Labute approximate surface area is 110 Å². The van der Waals surface area contributed by atoms with Crippen LogP contribution in [0.1, 0.15) is 0 Å². The summed E-state index contributed by atoms with van der Waals surface area (Å²) in [6.45, 7) is -1.62. The molecule has 0 amide bonds. The normalized spacial score (nSPS) is 12.7. The molecular weight excluding hydrogens is 339 g/mol. The number of nitrogens with two attached hydrogens (primary N) is 1. The van der Waals surface area contributed by atoms with Crippen LogP contribution < -0.4 is 5.73 Å². The average Bonchev–Trinajstić information content (AvgIpc) is 2.19. The first-order chi connectivity index (χ1) is 8.12. The maximum atomic E-state index is 11.8. The van der Waals surface area contributed by atoms with Gasteiger partial charge in [-0.1, -0.05) is 15.9 Å². The lowest BCUT2D eigenvalue weighted by Gasteiger charge is -2.10. The highest BCUT2D eigenvalue weighted by Crippen LogP contribution is 2.24. The lowest BCUT2D eigenvalue weighted by atomic mass is 10.3. The third-order valence-electron chi connectivity index (χ3n) is 1.81. The number of halogens is 4. The van der Waals surface area contributed by atoms with Crippen molar-refractivity contribution in [3.8, 4) is 0 Å². The van der Waals surface area contributed by atoms with Gasteiger partial charge >= 0.3 is 6.18 Å². The van der Waals surface area contributed by atoms with Crippen molar-refractivity contribution in [1.82, 2.24) is 0 Å².